The number of nitrogens with one attached hydrogen (secondary N) is 1. The monoisotopic (exact) mass is 422 g/mol. The zero-order valence-electron chi connectivity index (χ0n) is 16.8. The van der Waals surface area contributed by atoms with Crippen molar-refractivity contribution in [2.24, 2.45) is 0 Å². The van der Waals surface area contributed by atoms with Gasteiger partial charge < -0.3 is 15.2 Å². The number of alkyl halides is 3. The van der Waals surface area contributed by atoms with E-state index in [1.165, 1.54) is 19.1 Å². The van der Waals surface area contributed by atoms with Crippen molar-refractivity contribution in [3.63, 3.8) is 0 Å². The number of amides is 1. The van der Waals surface area contributed by atoms with Crippen molar-refractivity contribution in [1.82, 2.24) is 10.2 Å². The van der Waals surface area contributed by atoms with Gasteiger partial charge >= 0.3 is 6.18 Å². The highest BCUT2D eigenvalue weighted by Gasteiger charge is 2.46. The van der Waals surface area contributed by atoms with Crippen LogP contribution < -0.4 is 10.1 Å². The molecule has 8 heteroatoms. The summed E-state index contributed by atoms with van der Waals surface area (Å²) in [7, 11) is 1.84. The number of carbonyl (C=O) groups is 1. The molecule has 2 aromatic rings. The summed E-state index contributed by atoms with van der Waals surface area (Å²) in [6.45, 7) is 1.93. The molecule has 0 aliphatic heterocycles. The summed E-state index contributed by atoms with van der Waals surface area (Å²) in [5, 5.41) is 13.8. The number of aliphatic hydroxyl groups is 1. The minimum absolute atomic E-state index is 0.0295. The second-order valence-electron chi connectivity index (χ2n) is 7.61. The summed E-state index contributed by atoms with van der Waals surface area (Å²) in [5.74, 6) is -0.216. The first-order valence-corrected chi connectivity index (χ1v) is 9.68. The zero-order chi connectivity index (χ0) is 21.9. The SMILES string of the molecule is CC(=O)N[C@@H]1C[C@@H](Oc2cccc(C(F)(F)F)c2)[C@H](O)[C@H]1N(C)Cc1ccccc1. The average Bonchev–Trinajstić information content (AvgIpc) is 2.96. The van der Waals surface area contributed by atoms with Gasteiger partial charge in [-0.1, -0.05) is 36.4 Å². The largest absolute Gasteiger partial charge is 0.488 e. The lowest BCUT2D eigenvalue weighted by Gasteiger charge is -2.32. The molecule has 5 nitrogen and oxygen atoms in total. The fraction of sp³-hybridized carbons (Fsp3) is 0.409. The molecule has 3 rings (SSSR count). The molecule has 1 aliphatic carbocycles. The van der Waals surface area contributed by atoms with Crippen LogP contribution in [-0.4, -0.2) is 47.3 Å². The summed E-state index contributed by atoms with van der Waals surface area (Å²) < 4.78 is 44.7. The molecule has 0 saturated heterocycles. The molecule has 2 aromatic carbocycles. The number of likely N-dealkylation sites (N-methyl/N-ethyl adjacent to an activating group) is 1. The molecule has 30 heavy (non-hydrogen) atoms. The van der Waals surface area contributed by atoms with E-state index in [1.807, 2.05) is 42.3 Å². The topological polar surface area (TPSA) is 61.8 Å². The lowest BCUT2D eigenvalue weighted by Crippen LogP contribution is -2.51. The lowest BCUT2D eigenvalue weighted by molar-refractivity contribution is -0.137. The van der Waals surface area contributed by atoms with Crippen LogP contribution in [0.4, 0.5) is 13.2 Å². The molecule has 1 amide bonds. The Hall–Kier alpha value is -2.58. The minimum Gasteiger partial charge on any atom is -0.488 e. The molecular formula is C22H25F3N2O3. The van der Waals surface area contributed by atoms with Crippen LogP contribution in [0.25, 0.3) is 0 Å². The first-order chi connectivity index (χ1) is 14.1. The molecule has 1 saturated carbocycles. The molecule has 0 aromatic heterocycles. The van der Waals surface area contributed by atoms with Crippen LogP contribution in [0, 0.1) is 0 Å². The molecule has 0 bridgehead atoms. The van der Waals surface area contributed by atoms with E-state index in [9.17, 15) is 23.1 Å². The van der Waals surface area contributed by atoms with Gasteiger partial charge in [0.25, 0.3) is 0 Å². The first-order valence-electron chi connectivity index (χ1n) is 9.68. The van der Waals surface area contributed by atoms with Crippen LogP contribution in [0.1, 0.15) is 24.5 Å². The second-order valence-corrected chi connectivity index (χ2v) is 7.61. The Labute approximate surface area is 173 Å². The van der Waals surface area contributed by atoms with E-state index in [4.69, 9.17) is 4.74 Å². The second kappa shape index (κ2) is 9.06. The number of halogens is 3. The van der Waals surface area contributed by atoms with Gasteiger partial charge in [0, 0.05) is 19.9 Å². The van der Waals surface area contributed by atoms with Crippen LogP contribution in [0.15, 0.2) is 54.6 Å². The number of aliphatic hydroxyl groups excluding tert-OH is 1. The van der Waals surface area contributed by atoms with Crippen LogP contribution in [-0.2, 0) is 17.5 Å². The summed E-state index contributed by atoms with van der Waals surface area (Å²) in [4.78, 5) is 13.6. The fourth-order valence-corrected chi connectivity index (χ4v) is 3.98. The molecule has 0 spiro atoms. The van der Waals surface area contributed by atoms with E-state index >= 15 is 0 Å². The number of benzene rings is 2. The van der Waals surface area contributed by atoms with Gasteiger partial charge in [0.15, 0.2) is 0 Å². The summed E-state index contributed by atoms with van der Waals surface area (Å²) in [6, 6.07) is 13.4. The molecular weight excluding hydrogens is 397 g/mol. The van der Waals surface area contributed by atoms with Gasteiger partial charge in [-0.2, -0.15) is 13.2 Å². The van der Waals surface area contributed by atoms with Crippen molar-refractivity contribution in [1.29, 1.82) is 0 Å². The quantitative estimate of drug-likeness (QED) is 0.751. The van der Waals surface area contributed by atoms with Crippen LogP contribution in [0.3, 0.4) is 0 Å². The van der Waals surface area contributed by atoms with Gasteiger partial charge in [-0.05, 0) is 30.8 Å². The average molecular weight is 422 g/mol. The van der Waals surface area contributed by atoms with Crippen molar-refractivity contribution in [2.45, 2.75) is 50.4 Å². The number of carbonyl (C=O) groups excluding carboxylic acids is 1. The van der Waals surface area contributed by atoms with Gasteiger partial charge in [-0.25, -0.2) is 0 Å². The van der Waals surface area contributed by atoms with E-state index in [2.05, 4.69) is 5.32 Å². The van der Waals surface area contributed by atoms with Crippen molar-refractivity contribution in [2.75, 3.05) is 7.05 Å². The Morgan fingerprint density at radius 3 is 2.53 bits per heavy atom. The van der Waals surface area contributed by atoms with E-state index in [1.54, 1.807) is 0 Å². The molecule has 2 N–H and O–H groups in total. The predicted octanol–water partition coefficient (Wildman–Crippen LogP) is 3.22. The maximum atomic E-state index is 13.0. The highest BCUT2D eigenvalue weighted by atomic mass is 19.4. The highest BCUT2D eigenvalue weighted by molar-refractivity contribution is 5.73. The van der Waals surface area contributed by atoms with Gasteiger partial charge in [-0.3, -0.25) is 9.69 Å². The molecule has 4 atom stereocenters. The number of ether oxygens (including phenoxy) is 1. The molecule has 0 unspecified atom stereocenters. The maximum Gasteiger partial charge on any atom is 0.416 e. The van der Waals surface area contributed by atoms with E-state index < -0.39 is 36.0 Å². The number of hydrogen-bond acceptors (Lipinski definition) is 4. The molecule has 0 radical (unpaired) electrons. The lowest BCUT2D eigenvalue weighted by atomic mass is 10.1. The predicted molar refractivity (Wildman–Crippen MR) is 106 cm³/mol. The van der Waals surface area contributed by atoms with Crippen molar-refractivity contribution in [3.8, 4) is 5.75 Å². The van der Waals surface area contributed by atoms with E-state index in [-0.39, 0.29) is 18.1 Å². The Balaban J connectivity index is 1.77. The van der Waals surface area contributed by atoms with Crippen LogP contribution in [0.5, 0.6) is 5.75 Å². The Morgan fingerprint density at radius 1 is 1.20 bits per heavy atom. The van der Waals surface area contributed by atoms with Gasteiger partial charge in [0.2, 0.25) is 5.91 Å². The zero-order valence-corrected chi connectivity index (χ0v) is 16.8. The highest BCUT2D eigenvalue weighted by Crippen LogP contribution is 2.34. The van der Waals surface area contributed by atoms with Gasteiger partial charge in [0.1, 0.15) is 18.0 Å². The van der Waals surface area contributed by atoms with Crippen molar-refractivity contribution >= 4 is 5.91 Å². The van der Waals surface area contributed by atoms with Crippen molar-refractivity contribution in [3.05, 3.63) is 65.7 Å². The summed E-state index contributed by atoms with van der Waals surface area (Å²) in [5.41, 5.74) is 0.222. The fourth-order valence-electron chi connectivity index (χ4n) is 3.98. The third-order valence-electron chi connectivity index (χ3n) is 5.25. The molecule has 1 fully saturated rings. The number of hydrogen-bond donors (Lipinski definition) is 2. The summed E-state index contributed by atoms with van der Waals surface area (Å²) in [6.07, 6.45) is -5.95. The van der Waals surface area contributed by atoms with Gasteiger partial charge in [-0.15, -0.1) is 0 Å². The molecule has 0 heterocycles. The number of rotatable bonds is 6. The Bertz CT molecular complexity index is 860. The van der Waals surface area contributed by atoms with Gasteiger partial charge in [0.05, 0.1) is 17.6 Å². The molecule has 162 valence electrons. The molecule has 1 aliphatic rings. The van der Waals surface area contributed by atoms with E-state index in [0.717, 1.165) is 17.7 Å². The normalized spacial score (nSPS) is 24.1. The maximum absolute atomic E-state index is 13.0. The third kappa shape index (κ3) is 5.31. The van der Waals surface area contributed by atoms with Crippen LogP contribution in [0.2, 0.25) is 0 Å². The number of nitrogens with zero attached hydrogens (tertiary/aromatic N) is 1. The van der Waals surface area contributed by atoms with Crippen molar-refractivity contribution < 1.29 is 27.8 Å². The third-order valence-corrected chi connectivity index (χ3v) is 5.25. The van der Waals surface area contributed by atoms with E-state index in [0.29, 0.717) is 6.54 Å². The Kier molecular flexibility index (Phi) is 6.67. The first kappa shape index (κ1) is 22.1. The smallest absolute Gasteiger partial charge is 0.416 e. The standard InChI is InChI=1S/C22H25F3N2O3/c1-14(28)26-18-12-19(30-17-10-6-9-16(11-17)22(23,24)25)21(29)20(18)27(2)13-15-7-4-3-5-8-15/h3-11,18-21,29H,12-13H2,1-2H3,(H,26,28)/t18-,19-,20+,21+/m1/s1. The summed E-state index contributed by atoms with van der Waals surface area (Å²) >= 11 is 0. The van der Waals surface area contributed by atoms with Crippen LogP contribution >= 0.6 is 0 Å². The Morgan fingerprint density at radius 2 is 1.90 bits per heavy atom. The minimum atomic E-state index is -4.48.